The molecule has 7 heteroatoms. The number of likely N-dealkylation sites (tertiary alicyclic amines) is 1. The highest BCUT2D eigenvalue weighted by Gasteiger charge is 2.26. The zero-order chi connectivity index (χ0) is 17.4. The van der Waals surface area contributed by atoms with Crippen molar-refractivity contribution < 1.29 is 4.21 Å². The summed E-state index contributed by atoms with van der Waals surface area (Å²) in [5.41, 5.74) is 0. The molecule has 2 fully saturated rings. The molecule has 1 heterocycles. The number of hydrogen-bond donors (Lipinski definition) is 2. The Bertz CT molecular complexity index is 435. The minimum absolute atomic E-state index is 0. The summed E-state index contributed by atoms with van der Waals surface area (Å²) >= 11 is 0. The summed E-state index contributed by atoms with van der Waals surface area (Å²) in [5, 5.41) is 7.35. The number of nitrogens with one attached hydrogen (secondary N) is 2. The molecule has 2 N–H and O–H groups in total. The molecule has 0 aromatic heterocycles. The molecule has 0 bridgehead atoms. The van der Waals surface area contributed by atoms with E-state index in [9.17, 15) is 4.21 Å². The molecule has 148 valence electrons. The average Bonchev–Trinajstić information content (AvgIpc) is 3.07. The highest BCUT2D eigenvalue weighted by atomic mass is 127. The second-order valence-electron chi connectivity index (χ2n) is 7.07. The van der Waals surface area contributed by atoms with Crippen molar-refractivity contribution in [1.82, 2.24) is 15.5 Å². The van der Waals surface area contributed by atoms with E-state index in [0.29, 0.717) is 17.2 Å². The van der Waals surface area contributed by atoms with Gasteiger partial charge < -0.3 is 15.5 Å². The van der Waals surface area contributed by atoms with Crippen LogP contribution < -0.4 is 10.6 Å². The number of halogens is 1. The molecular formula is C18H37IN4OS. The van der Waals surface area contributed by atoms with Gasteiger partial charge in [-0.15, -0.1) is 24.0 Å². The molecule has 5 nitrogen and oxygen atoms in total. The molecule has 2 rings (SSSR count). The predicted octanol–water partition coefficient (Wildman–Crippen LogP) is 2.58. The molecule has 0 radical (unpaired) electrons. The van der Waals surface area contributed by atoms with Crippen molar-refractivity contribution in [3.05, 3.63) is 0 Å². The van der Waals surface area contributed by atoms with E-state index in [1.54, 1.807) is 0 Å². The first-order chi connectivity index (χ1) is 11.7. The van der Waals surface area contributed by atoms with Gasteiger partial charge >= 0.3 is 0 Å². The smallest absolute Gasteiger partial charge is 0.191 e. The summed E-state index contributed by atoms with van der Waals surface area (Å²) in [5.74, 6) is 2.41. The lowest BCUT2D eigenvalue weighted by Gasteiger charge is -2.30. The van der Waals surface area contributed by atoms with Gasteiger partial charge in [-0.2, -0.15) is 0 Å². The second-order valence-corrected chi connectivity index (χ2v) is 9.07. The van der Waals surface area contributed by atoms with E-state index >= 15 is 0 Å². The largest absolute Gasteiger partial charge is 0.357 e. The zero-order valence-electron chi connectivity index (χ0n) is 16.1. The number of guanidine groups is 1. The van der Waals surface area contributed by atoms with Crippen LogP contribution in [-0.2, 0) is 10.8 Å². The Morgan fingerprint density at radius 2 is 2.04 bits per heavy atom. The first-order valence-corrected chi connectivity index (χ1v) is 11.2. The third kappa shape index (κ3) is 7.71. The van der Waals surface area contributed by atoms with Gasteiger partial charge in [0.05, 0.1) is 0 Å². The van der Waals surface area contributed by atoms with Crippen LogP contribution in [0.25, 0.3) is 0 Å². The fraction of sp³-hybridized carbons (Fsp3) is 0.944. The van der Waals surface area contributed by atoms with Crippen LogP contribution in [0.3, 0.4) is 0 Å². The molecule has 0 amide bonds. The van der Waals surface area contributed by atoms with E-state index in [1.807, 2.05) is 6.92 Å². The van der Waals surface area contributed by atoms with Gasteiger partial charge in [0.25, 0.3) is 0 Å². The summed E-state index contributed by atoms with van der Waals surface area (Å²) in [7, 11) is -0.669. The van der Waals surface area contributed by atoms with Crippen molar-refractivity contribution in [2.45, 2.75) is 64.2 Å². The molecule has 4 atom stereocenters. The maximum Gasteiger partial charge on any atom is 0.191 e. The molecule has 1 aliphatic carbocycles. The lowest BCUT2D eigenvalue weighted by atomic mass is 9.95. The summed E-state index contributed by atoms with van der Waals surface area (Å²) in [6.07, 6.45) is 5.72. The molecule has 1 aliphatic heterocycles. The third-order valence-corrected chi connectivity index (χ3v) is 7.03. The standard InChI is InChI=1S/C18H36N4OS.HI/c1-4-19-18(20-13-15-10-11-22(5-2)14-15)21-16-8-7-9-17(12-16)24(23)6-3;/h15-17H,4-14H2,1-3H3,(H2,19,20,21);1H. The molecule has 1 saturated heterocycles. The van der Waals surface area contributed by atoms with E-state index in [0.717, 1.165) is 50.6 Å². The van der Waals surface area contributed by atoms with Crippen LogP contribution in [0, 0.1) is 5.92 Å². The van der Waals surface area contributed by atoms with Crippen molar-refractivity contribution >= 4 is 40.7 Å². The van der Waals surface area contributed by atoms with Crippen LogP contribution in [0.15, 0.2) is 4.99 Å². The SMILES string of the molecule is CCNC(=NCC1CCN(CC)C1)NC1CCCC(S(=O)CC)C1.I. The molecule has 25 heavy (non-hydrogen) atoms. The molecule has 0 aromatic rings. The van der Waals surface area contributed by atoms with Crippen molar-refractivity contribution in [3.8, 4) is 0 Å². The summed E-state index contributed by atoms with van der Waals surface area (Å²) in [6.45, 7) is 11.7. The van der Waals surface area contributed by atoms with Crippen LogP contribution in [0.2, 0.25) is 0 Å². The quantitative estimate of drug-likeness (QED) is 0.332. The van der Waals surface area contributed by atoms with E-state index in [-0.39, 0.29) is 24.0 Å². The summed E-state index contributed by atoms with van der Waals surface area (Å²) in [4.78, 5) is 7.35. The molecule has 0 spiro atoms. The van der Waals surface area contributed by atoms with Gasteiger partial charge in [0.1, 0.15) is 0 Å². The molecule has 2 aliphatic rings. The Morgan fingerprint density at radius 1 is 1.24 bits per heavy atom. The van der Waals surface area contributed by atoms with Crippen LogP contribution in [0.5, 0.6) is 0 Å². The van der Waals surface area contributed by atoms with Crippen molar-refractivity contribution in [2.24, 2.45) is 10.9 Å². The first-order valence-electron chi connectivity index (χ1n) is 9.80. The van der Waals surface area contributed by atoms with E-state index in [2.05, 4.69) is 29.4 Å². The van der Waals surface area contributed by atoms with E-state index in [1.165, 1.54) is 25.9 Å². The number of rotatable bonds is 7. The number of hydrogen-bond acceptors (Lipinski definition) is 3. The Kier molecular flexibility index (Phi) is 11.6. The highest BCUT2D eigenvalue weighted by molar-refractivity contribution is 14.0. The van der Waals surface area contributed by atoms with Gasteiger partial charge in [0.2, 0.25) is 0 Å². The minimum atomic E-state index is -0.669. The topological polar surface area (TPSA) is 56.7 Å². The van der Waals surface area contributed by atoms with Gasteiger partial charge in [-0.1, -0.05) is 20.3 Å². The second kappa shape index (κ2) is 12.5. The van der Waals surface area contributed by atoms with E-state index in [4.69, 9.17) is 4.99 Å². The van der Waals surface area contributed by atoms with Crippen LogP contribution in [0.4, 0.5) is 0 Å². The van der Waals surface area contributed by atoms with Crippen molar-refractivity contribution in [3.63, 3.8) is 0 Å². The van der Waals surface area contributed by atoms with Crippen LogP contribution >= 0.6 is 24.0 Å². The first kappa shape index (κ1) is 23.1. The Hall–Kier alpha value is 0.110. The van der Waals surface area contributed by atoms with Crippen molar-refractivity contribution in [1.29, 1.82) is 0 Å². The van der Waals surface area contributed by atoms with Crippen LogP contribution in [0.1, 0.15) is 52.9 Å². The number of aliphatic imine (C=N–C) groups is 1. The fourth-order valence-electron chi connectivity index (χ4n) is 3.83. The van der Waals surface area contributed by atoms with Gasteiger partial charge in [0.15, 0.2) is 5.96 Å². The highest BCUT2D eigenvalue weighted by Crippen LogP contribution is 2.23. The molecule has 1 saturated carbocycles. The fourth-order valence-corrected chi connectivity index (χ4v) is 5.18. The van der Waals surface area contributed by atoms with Gasteiger partial charge in [0, 0.05) is 47.5 Å². The molecule has 4 unspecified atom stereocenters. The average molecular weight is 484 g/mol. The van der Waals surface area contributed by atoms with Crippen LogP contribution in [-0.4, -0.2) is 64.8 Å². The normalized spacial score (nSPS) is 29.1. The molecule has 0 aromatic carbocycles. The van der Waals surface area contributed by atoms with Gasteiger partial charge in [-0.05, 0) is 51.6 Å². The summed E-state index contributed by atoms with van der Waals surface area (Å²) < 4.78 is 12.1. The Morgan fingerprint density at radius 3 is 2.68 bits per heavy atom. The third-order valence-electron chi connectivity index (χ3n) is 5.29. The van der Waals surface area contributed by atoms with Crippen molar-refractivity contribution in [2.75, 3.05) is 38.5 Å². The van der Waals surface area contributed by atoms with Gasteiger partial charge in [-0.25, -0.2) is 0 Å². The number of nitrogens with zero attached hydrogens (tertiary/aromatic N) is 2. The molecular weight excluding hydrogens is 447 g/mol. The maximum atomic E-state index is 12.1. The Balaban J connectivity index is 0.00000312. The lowest BCUT2D eigenvalue weighted by Crippen LogP contribution is -2.46. The van der Waals surface area contributed by atoms with E-state index < -0.39 is 10.8 Å². The van der Waals surface area contributed by atoms with Gasteiger partial charge in [-0.3, -0.25) is 9.20 Å². The minimum Gasteiger partial charge on any atom is -0.357 e. The summed E-state index contributed by atoms with van der Waals surface area (Å²) in [6, 6.07) is 0.410. The maximum absolute atomic E-state index is 12.1. The predicted molar refractivity (Wildman–Crippen MR) is 119 cm³/mol. The monoisotopic (exact) mass is 484 g/mol. The zero-order valence-corrected chi connectivity index (χ0v) is 19.3. The Labute approximate surface area is 173 Å². The lowest BCUT2D eigenvalue weighted by molar-refractivity contribution is 0.343.